The average Bonchev–Trinajstić information content (AvgIpc) is 2.30. The zero-order valence-electron chi connectivity index (χ0n) is 9.91. The molecule has 0 amide bonds. The molecule has 1 aromatic rings. The summed E-state index contributed by atoms with van der Waals surface area (Å²) in [5.74, 6) is -0.453. The van der Waals surface area contributed by atoms with Crippen LogP contribution in [0.3, 0.4) is 0 Å². The summed E-state index contributed by atoms with van der Waals surface area (Å²) in [5, 5.41) is 2.89. The molecule has 1 aromatic carbocycles. The molecule has 19 heavy (non-hydrogen) atoms. The van der Waals surface area contributed by atoms with Crippen LogP contribution in [0.1, 0.15) is 5.56 Å². The van der Waals surface area contributed by atoms with E-state index in [1.54, 1.807) is 0 Å². The van der Waals surface area contributed by atoms with E-state index in [2.05, 4.69) is 14.8 Å². The van der Waals surface area contributed by atoms with Gasteiger partial charge in [0.05, 0.1) is 0 Å². The molecule has 108 valence electrons. The van der Waals surface area contributed by atoms with Crippen molar-refractivity contribution in [1.29, 1.82) is 0 Å². The minimum Gasteiger partial charge on any atom is -0.435 e. The smallest absolute Gasteiger partial charge is 0.387 e. The fourth-order valence-electron chi connectivity index (χ4n) is 1.39. The van der Waals surface area contributed by atoms with Crippen molar-refractivity contribution in [3.63, 3.8) is 0 Å². The Hall–Kier alpha value is -1.54. The molecule has 0 heterocycles. The maximum atomic E-state index is 12.2. The molecule has 0 aliphatic carbocycles. The van der Waals surface area contributed by atoms with Crippen LogP contribution in [0.4, 0.5) is 17.6 Å². The fraction of sp³-hybridized carbons (Fsp3) is 0.455. The van der Waals surface area contributed by atoms with E-state index in [-0.39, 0.29) is 18.0 Å². The predicted molar refractivity (Wildman–Crippen MR) is 60.5 cm³/mol. The van der Waals surface area contributed by atoms with Gasteiger partial charge in [0.1, 0.15) is 11.5 Å². The predicted octanol–water partition coefficient (Wildman–Crippen LogP) is 1.94. The maximum Gasteiger partial charge on any atom is 0.387 e. The van der Waals surface area contributed by atoms with Crippen LogP contribution in [0.25, 0.3) is 0 Å². The van der Waals surface area contributed by atoms with Crippen LogP contribution in [-0.4, -0.2) is 26.3 Å². The molecular weight excluding hydrogens is 268 g/mol. The van der Waals surface area contributed by atoms with Crippen LogP contribution in [0, 0.1) is 0 Å². The molecule has 4 nitrogen and oxygen atoms in total. The molecule has 3 N–H and O–H groups in total. The largest absolute Gasteiger partial charge is 0.435 e. The number of hydrogen-bond donors (Lipinski definition) is 2. The van der Waals surface area contributed by atoms with E-state index < -0.39 is 13.2 Å². The number of halogens is 4. The third-order valence-corrected chi connectivity index (χ3v) is 2.12. The first kappa shape index (κ1) is 15.5. The van der Waals surface area contributed by atoms with Gasteiger partial charge >= 0.3 is 13.2 Å². The molecule has 0 atom stereocenters. The summed E-state index contributed by atoms with van der Waals surface area (Å²) in [6, 6.07) is 3.63. The molecule has 0 aromatic heterocycles. The first-order valence-corrected chi connectivity index (χ1v) is 5.46. The van der Waals surface area contributed by atoms with Crippen molar-refractivity contribution >= 4 is 0 Å². The number of hydrogen-bond acceptors (Lipinski definition) is 4. The highest BCUT2D eigenvalue weighted by molar-refractivity contribution is 5.40. The van der Waals surface area contributed by atoms with E-state index in [0.29, 0.717) is 18.7 Å². The van der Waals surface area contributed by atoms with Gasteiger partial charge in [-0.2, -0.15) is 17.6 Å². The zero-order chi connectivity index (χ0) is 14.3. The number of nitrogens with two attached hydrogens (primary N) is 1. The lowest BCUT2D eigenvalue weighted by Gasteiger charge is -2.13. The van der Waals surface area contributed by atoms with Gasteiger partial charge in [-0.1, -0.05) is 6.07 Å². The normalized spacial score (nSPS) is 11.1. The molecule has 0 saturated carbocycles. The topological polar surface area (TPSA) is 56.5 Å². The number of benzene rings is 1. The van der Waals surface area contributed by atoms with E-state index in [1.807, 2.05) is 0 Å². The van der Waals surface area contributed by atoms with Gasteiger partial charge in [0.15, 0.2) is 0 Å². The lowest BCUT2D eigenvalue weighted by atomic mass is 10.2. The monoisotopic (exact) mass is 282 g/mol. The lowest BCUT2D eigenvalue weighted by molar-refractivity contribution is -0.0546. The van der Waals surface area contributed by atoms with Crippen molar-refractivity contribution in [3.05, 3.63) is 23.8 Å². The van der Waals surface area contributed by atoms with Crippen molar-refractivity contribution in [1.82, 2.24) is 5.32 Å². The Morgan fingerprint density at radius 3 is 2.37 bits per heavy atom. The molecular formula is C11H14F4N2O2. The molecule has 0 bridgehead atoms. The zero-order valence-corrected chi connectivity index (χ0v) is 9.91. The van der Waals surface area contributed by atoms with Crippen LogP contribution in [0.2, 0.25) is 0 Å². The van der Waals surface area contributed by atoms with Crippen LogP contribution in [-0.2, 0) is 6.54 Å². The maximum absolute atomic E-state index is 12.2. The van der Waals surface area contributed by atoms with Crippen LogP contribution >= 0.6 is 0 Å². The molecule has 0 fully saturated rings. The summed E-state index contributed by atoms with van der Waals surface area (Å²) in [5.41, 5.74) is 5.67. The third-order valence-electron chi connectivity index (χ3n) is 2.12. The van der Waals surface area contributed by atoms with E-state index in [1.165, 1.54) is 12.1 Å². The molecule has 8 heteroatoms. The number of ether oxygens (including phenoxy) is 2. The summed E-state index contributed by atoms with van der Waals surface area (Å²) in [4.78, 5) is 0. The standard InChI is InChI=1S/C11H14F4N2O2/c12-10(13)18-8-2-1-7(6-17-4-3-16)9(5-8)19-11(14)15/h1-2,5,10-11,17H,3-4,6,16H2. The number of rotatable bonds is 8. The van der Waals surface area contributed by atoms with Crippen molar-refractivity contribution in [2.75, 3.05) is 13.1 Å². The number of nitrogens with one attached hydrogen (secondary N) is 1. The highest BCUT2D eigenvalue weighted by Gasteiger charge is 2.13. The quantitative estimate of drug-likeness (QED) is 0.565. The summed E-state index contributed by atoms with van der Waals surface area (Å²) in [6.45, 7) is -4.97. The summed E-state index contributed by atoms with van der Waals surface area (Å²) in [7, 11) is 0. The van der Waals surface area contributed by atoms with E-state index in [0.717, 1.165) is 6.07 Å². The highest BCUT2D eigenvalue weighted by atomic mass is 19.3. The Labute approximate surface area is 107 Å². The van der Waals surface area contributed by atoms with E-state index in [9.17, 15) is 17.6 Å². The fourth-order valence-corrected chi connectivity index (χ4v) is 1.39. The van der Waals surface area contributed by atoms with Gasteiger partial charge in [0, 0.05) is 31.3 Å². The van der Waals surface area contributed by atoms with E-state index in [4.69, 9.17) is 5.73 Å². The second-order valence-electron chi connectivity index (χ2n) is 3.49. The molecule has 0 saturated heterocycles. The summed E-state index contributed by atoms with van der Waals surface area (Å²) in [6.07, 6.45) is 0. The van der Waals surface area contributed by atoms with Gasteiger partial charge in [-0.3, -0.25) is 0 Å². The molecule has 0 radical (unpaired) electrons. The van der Waals surface area contributed by atoms with Crippen LogP contribution < -0.4 is 20.5 Å². The molecule has 0 spiro atoms. The molecule has 0 unspecified atom stereocenters. The van der Waals surface area contributed by atoms with E-state index >= 15 is 0 Å². The Balaban J connectivity index is 2.82. The van der Waals surface area contributed by atoms with Gasteiger partial charge in [0.25, 0.3) is 0 Å². The van der Waals surface area contributed by atoms with Gasteiger partial charge < -0.3 is 20.5 Å². The second kappa shape index (κ2) is 7.80. The third kappa shape index (κ3) is 5.75. The van der Waals surface area contributed by atoms with Crippen molar-refractivity contribution in [3.8, 4) is 11.5 Å². The first-order valence-electron chi connectivity index (χ1n) is 5.46. The van der Waals surface area contributed by atoms with Crippen molar-refractivity contribution < 1.29 is 27.0 Å². The Bertz CT molecular complexity index is 391. The highest BCUT2D eigenvalue weighted by Crippen LogP contribution is 2.27. The average molecular weight is 282 g/mol. The van der Waals surface area contributed by atoms with Gasteiger partial charge in [-0.25, -0.2) is 0 Å². The van der Waals surface area contributed by atoms with Gasteiger partial charge in [-0.05, 0) is 6.07 Å². The first-order chi connectivity index (χ1) is 9.02. The SMILES string of the molecule is NCCNCc1ccc(OC(F)F)cc1OC(F)F. The Morgan fingerprint density at radius 1 is 1.11 bits per heavy atom. The van der Waals surface area contributed by atoms with Crippen LogP contribution in [0.5, 0.6) is 11.5 Å². The van der Waals surface area contributed by atoms with Crippen molar-refractivity contribution in [2.24, 2.45) is 5.73 Å². The summed E-state index contributed by atoms with van der Waals surface area (Å²) >= 11 is 0. The number of alkyl halides is 4. The minimum atomic E-state index is -3.05. The molecule has 1 rings (SSSR count). The summed E-state index contributed by atoms with van der Waals surface area (Å²) < 4.78 is 56.9. The second-order valence-corrected chi connectivity index (χ2v) is 3.49. The Morgan fingerprint density at radius 2 is 1.79 bits per heavy atom. The minimum absolute atomic E-state index is 0.210. The van der Waals surface area contributed by atoms with Crippen LogP contribution in [0.15, 0.2) is 18.2 Å². The van der Waals surface area contributed by atoms with Gasteiger partial charge in [-0.15, -0.1) is 0 Å². The lowest BCUT2D eigenvalue weighted by Crippen LogP contribution is -2.22. The molecule has 0 aliphatic heterocycles. The Kier molecular flexibility index (Phi) is 6.37. The molecule has 0 aliphatic rings. The van der Waals surface area contributed by atoms with Crippen molar-refractivity contribution in [2.45, 2.75) is 19.8 Å². The van der Waals surface area contributed by atoms with Gasteiger partial charge in [0.2, 0.25) is 0 Å².